The van der Waals surface area contributed by atoms with Crippen molar-refractivity contribution < 1.29 is 14.3 Å². The average molecular weight is 415 g/mol. The third-order valence-electron chi connectivity index (χ3n) is 5.80. The maximum Gasteiger partial charge on any atom is 0.258 e. The van der Waals surface area contributed by atoms with E-state index < -0.39 is 0 Å². The first-order valence-electron chi connectivity index (χ1n) is 10.4. The molecule has 1 aliphatic heterocycles. The molecule has 0 spiro atoms. The Morgan fingerprint density at radius 2 is 1.58 bits per heavy atom. The molecule has 5 heteroatoms. The molecule has 1 heterocycles. The van der Waals surface area contributed by atoms with Crippen LogP contribution in [0.3, 0.4) is 0 Å². The topological polar surface area (TPSA) is 49.9 Å². The second-order valence-electron chi connectivity index (χ2n) is 7.79. The predicted molar refractivity (Wildman–Crippen MR) is 123 cm³/mol. The molecule has 0 saturated heterocycles. The second kappa shape index (κ2) is 8.64. The number of fused-ring (bicyclic) bond motifs is 1. The fourth-order valence-corrected chi connectivity index (χ4v) is 4.41. The van der Waals surface area contributed by atoms with Gasteiger partial charge >= 0.3 is 0 Å². The lowest BCUT2D eigenvalue weighted by atomic mass is 9.89. The monoisotopic (exact) mass is 414 g/mol. The van der Waals surface area contributed by atoms with Crippen molar-refractivity contribution in [2.24, 2.45) is 0 Å². The number of methoxy groups -OCH3 is 1. The highest BCUT2D eigenvalue weighted by Crippen LogP contribution is 2.42. The van der Waals surface area contributed by atoms with Gasteiger partial charge in [-0.25, -0.2) is 0 Å². The van der Waals surface area contributed by atoms with Gasteiger partial charge in [-0.2, -0.15) is 0 Å². The summed E-state index contributed by atoms with van der Waals surface area (Å²) >= 11 is 0. The van der Waals surface area contributed by atoms with Crippen LogP contribution in [0.4, 0.5) is 11.4 Å². The number of ether oxygens (including phenoxy) is 1. The van der Waals surface area contributed by atoms with Crippen LogP contribution in [0.5, 0.6) is 5.75 Å². The molecule has 0 aliphatic carbocycles. The highest BCUT2D eigenvalue weighted by atomic mass is 16.5. The molecule has 3 aromatic rings. The average Bonchev–Trinajstić information content (AvgIpc) is 2.79. The van der Waals surface area contributed by atoms with Gasteiger partial charge in [-0.15, -0.1) is 0 Å². The van der Waals surface area contributed by atoms with E-state index in [9.17, 15) is 9.59 Å². The van der Waals surface area contributed by atoms with Gasteiger partial charge in [0.05, 0.1) is 13.2 Å². The molecular weight excluding hydrogens is 388 g/mol. The lowest BCUT2D eigenvalue weighted by molar-refractivity contribution is -0.117. The van der Waals surface area contributed by atoms with E-state index in [0.29, 0.717) is 17.7 Å². The number of carbonyl (C=O) groups is 2. The van der Waals surface area contributed by atoms with Crippen LogP contribution in [0.2, 0.25) is 0 Å². The van der Waals surface area contributed by atoms with Crippen molar-refractivity contribution in [1.29, 1.82) is 0 Å². The van der Waals surface area contributed by atoms with Gasteiger partial charge < -0.3 is 14.5 Å². The van der Waals surface area contributed by atoms with Crippen molar-refractivity contribution in [3.63, 3.8) is 0 Å². The first-order valence-corrected chi connectivity index (χ1v) is 10.4. The van der Waals surface area contributed by atoms with Gasteiger partial charge in [0.2, 0.25) is 5.91 Å². The van der Waals surface area contributed by atoms with Crippen molar-refractivity contribution in [2.75, 3.05) is 16.9 Å². The van der Waals surface area contributed by atoms with Crippen LogP contribution in [0.25, 0.3) is 0 Å². The summed E-state index contributed by atoms with van der Waals surface area (Å²) < 4.78 is 5.24. The van der Waals surface area contributed by atoms with Crippen molar-refractivity contribution in [1.82, 2.24) is 0 Å². The molecule has 2 amide bonds. The number of benzene rings is 3. The van der Waals surface area contributed by atoms with E-state index in [-0.39, 0.29) is 23.9 Å². The lowest BCUT2D eigenvalue weighted by Crippen LogP contribution is -2.47. The number of nitrogens with zero attached hydrogens (tertiary/aromatic N) is 2. The smallest absolute Gasteiger partial charge is 0.258 e. The quantitative estimate of drug-likeness (QED) is 0.587. The van der Waals surface area contributed by atoms with Crippen LogP contribution in [-0.2, 0) is 4.79 Å². The van der Waals surface area contributed by atoms with E-state index in [1.807, 2.05) is 71.3 Å². The molecule has 4 rings (SSSR count). The second-order valence-corrected chi connectivity index (χ2v) is 7.79. The highest BCUT2D eigenvalue weighted by molar-refractivity contribution is 6.07. The van der Waals surface area contributed by atoms with E-state index in [0.717, 1.165) is 16.9 Å². The Morgan fingerprint density at radius 1 is 0.935 bits per heavy atom. The number of anilines is 2. The predicted octanol–water partition coefficient (Wildman–Crippen LogP) is 5.23. The molecule has 0 N–H and O–H groups in total. The highest BCUT2D eigenvalue weighted by Gasteiger charge is 2.37. The van der Waals surface area contributed by atoms with E-state index in [2.05, 4.69) is 0 Å². The molecule has 0 bridgehead atoms. The van der Waals surface area contributed by atoms with E-state index in [1.165, 1.54) is 0 Å². The Morgan fingerprint density at radius 3 is 2.23 bits per heavy atom. The molecule has 3 aromatic carbocycles. The zero-order chi connectivity index (χ0) is 22.0. The van der Waals surface area contributed by atoms with Gasteiger partial charge in [0.25, 0.3) is 5.91 Å². The molecule has 0 aromatic heterocycles. The van der Waals surface area contributed by atoms with Crippen molar-refractivity contribution >= 4 is 23.2 Å². The van der Waals surface area contributed by atoms with E-state index in [1.54, 1.807) is 38.3 Å². The number of amides is 2. The minimum absolute atomic E-state index is 0.00569. The van der Waals surface area contributed by atoms with Crippen LogP contribution < -0.4 is 14.5 Å². The fourth-order valence-electron chi connectivity index (χ4n) is 4.41. The van der Waals surface area contributed by atoms with Gasteiger partial charge in [-0.1, -0.05) is 36.4 Å². The summed E-state index contributed by atoms with van der Waals surface area (Å²) in [5, 5.41) is 0. The fraction of sp³-hybridized carbons (Fsp3) is 0.231. The minimum atomic E-state index is -0.196. The molecule has 0 fully saturated rings. The summed E-state index contributed by atoms with van der Waals surface area (Å²) in [5.41, 5.74) is 3.25. The molecular formula is C26H26N2O3. The van der Waals surface area contributed by atoms with Crippen molar-refractivity contribution in [2.45, 2.75) is 32.4 Å². The number of carbonyl (C=O) groups excluding carboxylic acids is 2. The van der Waals surface area contributed by atoms with E-state index >= 15 is 0 Å². The SMILES string of the molecule is COc1ccc(C(=O)N(c2ccccc2)[C@@H]2C[C@H](C)N(C(C)=O)c3ccccc32)cc1. The normalized spacial score (nSPS) is 17.6. The molecule has 1 aliphatic rings. The molecule has 158 valence electrons. The number of para-hydroxylation sites is 2. The molecule has 31 heavy (non-hydrogen) atoms. The van der Waals surface area contributed by atoms with Crippen molar-refractivity contribution in [3.8, 4) is 5.75 Å². The first-order chi connectivity index (χ1) is 15.0. The molecule has 2 atom stereocenters. The van der Waals surface area contributed by atoms with Crippen LogP contribution in [0.15, 0.2) is 78.9 Å². The molecule has 0 radical (unpaired) electrons. The Hall–Kier alpha value is -3.60. The Bertz CT molecular complexity index is 1080. The zero-order valence-electron chi connectivity index (χ0n) is 18.0. The maximum atomic E-state index is 13.8. The summed E-state index contributed by atoms with van der Waals surface area (Å²) in [6.07, 6.45) is 0.646. The number of hydrogen-bond acceptors (Lipinski definition) is 3. The largest absolute Gasteiger partial charge is 0.497 e. The Labute approximate surface area is 182 Å². The lowest BCUT2D eigenvalue weighted by Gasteiger charge is -2.43. The summed E-state index contributed by atoms with van der Waals surface area (Å²) in [6.45, 7) is 3.62. The Kier molecular flexibility index (Phi) is 5.76. The first kappa shape index (κ1) is 20.7. The van der Waals surface area contributed by atoms with Gasteiger partial charge in [0, 0.05) is 29.9 Å². The number of hydrogen-bond donors (Lipinski definition) is 0. The standard InChI is InChI=1S/C26H26N2O3/c1-18-17-25(23-11-7-8-12-24(23)27(18)19(2)29)28(21-9-5-4-6-10-21)26(30)20-13-15-22(31-3)16-14-20/h4-16,18,25H,17H2,1-3H3/t18-,25+/m0/s1. The van der Waals surface area contributed by atoms with Crippen LogP contribution >= 0.6 is 0 Å². The Balaban J connectivity index is 1.83. The third kappa shape index (κ3) is 3.91. The maximum absolute atomic E-state index is 13.8. The van der Waals surface area contributed by atoms with Crippen LogP contribution in [0, 0.1) is 0 Å². The minimum Gasteiger partial charge on any atom is -0.497 e. The van der Waals surface area contributed by atoms with Gasteiger partial charge in [-0.05, 0) is 61.4 Å². The molecule has 0 saturated carbocycles. The molecule has 5 nitrogen and oxygen atoms in total. The summed E-state index contributed by atoms with van der Waals surface area (Å²) in [4.78, 5) is 29.8. The van der Waals surface area contributed by atoms with Crippen molar-refractivity contribution in [3.05, 3.63) is 90.0 Å². The summed E-state index contributed by atoms with van der Waals surface area (Å²) in [5.74, 6) is 0.625. The van der Waals surface area contributed by atoms with Crippen LogP contribution in [-0.4, -0.2) is 25.0 Å². The third-order valence-corrected chi connectivity index (χ3v) is 5.80. The van der Waals surface area contributed by atoms with Gasteiger partial charge in [0.15, 0.2) is 0 Å². The summed E-state index contributed by atoms with van der Waals surface area (Å²) in [7, 11) is 1.61. The number of rotatable bonds is 4. The van der Waals surface area contributed by atoms with Gasteiger partial charge in [0.1, 0.15) is 5.75 Å². The molecule has 0 unspecified atom stereocenters. The van der Waals surface area contributed by atoms with Gasteiger partial charge in [-0.3, -0.25) is 9.59 Å². The van der Waals surface area contributed by atoms with Crippen LogP contribution in [0.1, 0.15) is 42.2 Å². The summed E-state index contributed by atoms with van der Waals surface area (Å²) in [6, 6.07) is 24.5. The van der Waals surface area contributed by atoms with E-state index in [4.69, 9.17) is 4.74 Å². The zero-order valence-corrected chi connectivity index (χ0v) is 18.0.